The lowest BCUT2D eigenvalue weighted by Crippen LogP contribution is -2.51. The lowest BCUT2D eigenvalue weighted by molar-refractivity contribution is 0.145. The molecule has 0 spiro atoms. The molecule has 4 nitrogen and oxygen atoms in total. The van der Waals surface area contributed by atoms with E-state index in [1.807, 2.05) is 4.90 Å². The molecule has 0 aromatic carbocycles. The van der Waals surface area contributed by atoms with Gasteiger partial charge in [-0.2, -0.15) is 0 Å². The van der Waals surface area contributed by atoms with Crippen molar-refractivity contribution >= 4 is 6.03 Å². The van der Waals surface area contributed by atoms with E-state index in [9.17, 15) is 4.79 Å². The van der Waals surface area contributed by atoms with Crippen LogP contribution in [0.15, 0.2) is 0 Å². The van der Waals surface area contributed by atoms with Crippen LogP contribution in [0.5, 0.6) is 0 Å². The number of carbonyl (C=O) groups is 1. The zero-order chi connectivity index (χ0) is 13.0. The first kappa shape index (κ1) is 13.7. The number of urea groups is 1. The second-order valence-electron chi connectivity index (χ2n) is 5.49. The van der Waals surface area contributed by atoms with Gasteiger partial charge in [-0.25, -0.2) is 4.79 Å². The van der Waals surface area contributed by atoms with E-state index in [1.165, 1.54) is 32.1 Å². The number of hydrogen-bond acceptors (Lipinski definition) is 2. The number of hydrogen-bond donors (Lipinski definition) is 1. The molecule has 0 radical (unpaired) electrons. The van der Waals surface area contributed by atoms with E-state index in [2.05, 4.69) is 24.1 Å². The smallest absolute Gasteiger partial charge is 0.320 e. The fraction of sp³-hybridized carbons (Fsp3) is 0.929. The zero-order valence-electron chi connectivity index (χ0n) is 11.8. The summed E-state index contributed by atoms with van der Waals surface area (Å²) in [4.78, 5) is 16.6. The highest BCUT2D eigenvalue weighted by atomic mass is 16.2. The minimum atomic E-state index is 0.245. The summed E-state index contributed by atoms with van der Waals surface area (Å²) in [6, 6.07) is 1.27. The Hall–Kier alpha value is -0.770. The number of rotatable bonds is 5. The summed E-state index contributed by atoms with van der Waals surface area (Å²) in [6.45, 7) is 7.77. The molecule has 4 heteroatoms. The molecule has 0 aromatic heterocycles. The van der Waals surface area contributed by atoms with E-state index in [0.29, 0.717) is 12.1 Å². The number of nitrogens with one attached hydrogen (secondary N) is 1. The molecule has 1 saturated heterocycles. The molecule has 2 fully saturated rings. The predicted octanol–water partition coefficient (Wildman–Crippen LogP) is 2.05. The van der Waals surface area contributed by atoms with Crippen molar-refractivity contribution in [2.45, 2.75) is 58.0 Å². The standard InChI is InChI=1S/C14H27N3O/c1-3-16(4-2)14(18)17(13-8-9-13)11-12-7-5-6-10-15-12/h12-13,15H,3-11H2,1-2H3. The maximum absolute atomic E-state index is 12.5. The van der Waals surface area contributed by atoms with Crippen LogP contribution in [0.3, 0.4) is 0 Å². The average molecular weight is 253 g/mol. The molecule has 1 unspecified atom stereocenters. The number of carbonyl (C=O) groups excluding carboxylic acids is 1. The second kappa shape index (κ2) is 6.41. The average Bonchev–Trinajstić information content (AvgIpc) is 3.23. The van der Waals surface area contributed by atoms with Gasteiger partial charge in [0.05, 0.1) is 0 Å². The van der Waals surface area contributed by atoms with Gasteiger partial charge in [0.25, 0.3) is 0 Å². The van der Waals surface area contributed by atoms with Gasteiger partial charge in [0.1, 0.15) is 0 Å². The Morgan fingerprint density at radius 1 is 1.17 bits per heavy atom. The summed E-state index contributed by atoms with van der Waals surface area (Å²) < 4.78 is 0. The van der Waals surface area contributed by atoms with Crippen LogP contribution in [0, 0.1) is 0 Å². The third-order valence-electron chi connectivity index (χ3n) is 4.10. The Kier molecular flexibility index (Phi) is 4.87. The number of piperidine rings is 1. The van der Waals surface area contributed by atoms with E-state index in [1.54, 1.807) is 0 Å². The Bertz CT molecular complexity index is 268. The zero-order valence-corrected chi connectivity index (χ0v) is 11.8. The molecular weight excluding hydrogens is 226 g/mol. The van der Waals surface area contributed by atoms with Crippen LogP contribution < -0.4 is 5.32 Å². The third-order valence-corrected chi connectivity index (χ3v) is 4.10. The second-order valence-corrected chi connectivity index (χ2v) is 5.49. The van der Waals surface area contributed by atoms with Crippen molar-refractivity contribution in [1.82, 2.24) is 15.1 Å². The van der Waals surface area contributed by atoms with Gasteiger partial charge in [0.2, 0.25) is 0 Å². The molecule has 1 N–H and O–H groups in total. The summed E-state index contributed by atoms with van der Waals surface area (Å²) in [6.07, 6.45) is 6.19. The minimum absolute atomic E-state index is 0.245. The Morgan fingerprint density at radius 2 is 1.89 bits per heavy atom. The number of amides is 2. The van der Waals surface area contributed by atoms with Crippen LogP contribution in [-0.4, -0.2) is 54.1 Å². The molecule has 1 saturated carbocycles. The van der Waals surface area contributed by atoms with E-state index in [0.717, 1.165) is 26.2 Å². The molecule has 104 valence electrons. The van der Waals surface area contributed by atoms with Gasteiger partial charge < -0.3 is 15.1 Å². The summed E-state index contributed by atoms with van der Waals surface area (Å²) >= 11 is 0. The maximum atomic E-state index is 12.5. The van der Waals surface area contributed by atoms with Gasteiger partial charge in [-0.1, -0.05) is 6.42 Å². The van der Waals surface area contributed by atoms with Gasteiger partial charge >= 0.3 is 6.03 Å². The van der Waals surface area contributed by atoms with E-state index in [4.69, 9.17) is 0 Å². The van der Waals surface area contributed by atoms with Crippen LogP contribution in [0.25, 0.3) is 0 Å². The van der Waals surface area contributed by atoms with Crippen molar-refractivity contribution < 1.29 is 4.79 Å². The summed E-state index contributed by atoms with van der Waals surface area (Å²) in [5.74, 6) is 0. The van der Waals surface area contributed by atoms with Crippen LogP contribution in [0.1, 0.15) is 46.0 Å². The summed E-state index contributed by atoms with van der Waals surface area (Å²) in [7, 11) is 0. The molecule has 1 heterocycles. The van der Waals surface area contributed by atoms with E-state index in [-0.39, 0.29) is 6.03 Å². The van der Waals surface area contributed by atoms with Crippen LogP contribution in [-0.2, 0) is 0 Å². The summed E-state index contributed by atoms with van der Waals surface area (Å²) in [5.41, 5.74) is 0. The molecule has 1 atom stereocenters. The van der Waals surface area contributed by atoms with Gasteiger partial charge in [0, 0.05) is 31.7 Å². The van der Waals surface area contributed by atoms with Crippen LogP contribution in [0.4, 0.5) is 4.79 Å². The fourth-order valence-corrected chi connectivity index (χ4v) is 2.76. The lowest BCUT2D eigenvalue weighted by atomic mass is 10.0. The quantitative estimate of drug-likeness (QED) is 0.814. The van der Waals surface area contributed by atoms with Crippen molar-refractivity contribution in [3.8, 4) is 0 Å². The van der Waals surface area contributed by atoms with Gasteiger partial charge in [-0.05, 0) is 46.1 Å². The molecule has 2 rings (SSSR count). The monoisotopic (exact) mass is 253 g/mol. The predicted molar refractivity (Wildman–Crippen MR) is 73.7 cm³/mol. The SMILES string of the molecule is CCN(CC)C(=O)N(CC1CCCCN1)C1CC1. The molecular formula is C14H27N3O. The van der Waals surface area contributed by atoms with E-state index < -0.39 is 0 Å². The van der Waals surface area contributed by atoms with Gasteiger partial charge in [-0.3, -0.25) is 0 Å². The van der Waals surface area contributed by atoms with Crippen molar-refractivity contribution in [2.75, 3.05) is 26.2 Å². The molecule has 18 heavy (non-hydrogen) atoms. The third kappa shape index (κ3) is 3.37. The Labute approximate surface area is 111 Å². The van der Waals surface area contributed by atoms with Crippen molar-refractivity contribution in [3.63, 3.8) is 0 Å². The first-order valence-electron chi connectivity index (χ1n) is 7.55. The van der Waals surface area contributed by atoms with Crippen molar-refractivity contribution in [2.24, 2.45) is 0 Å². The largest absolute Gasteiger partial charge is 0.325 e. The molecule has 2 amide bonds. The molecule has 0 bridgehead atoms. The molecule has 1 aliphatic heterocycles. The lowest BCUT2D eigenvalue weighted by Gasteiger charge is -2.34. The first-order valence-corrected chi connectivity index (χ1v) is 7.55. The normalized spacial score (nSPS) is 23.8. The minimum Gasteiger partial charge on any atom is -0.325 e. The maximum Gasteiger partial charge on any atom is 0.320 e. The highest BCUT2D eigenvalue weighted by Gasteiger charge is 2.35. The van der Waals surface area contributed by atoms with Crippen molar-refractivity contribution in [3.05, 3.63) is 0 Å². The van der Waals surface area contributed by atoms with Crippen LogP contribution >= 0.6 is 0 Å². The Morgan fingerprint density at radius 3 is 2.39 bits per heavy atom. The molecule has 0 aromatic rings. The molecule has 1 aliphatic carbocycles. The highest BCUT2D eigenvalue weighted by molar-refractivity contribution is 5.75. The van der Waals surface area contributed by atoms with Crippen molar-refractivity contribution in [1.29, 1.82) is 0 Å². The Balaban J connectivity index is 1.92. The highest BCUT2D eigenvalue weighted by Crippen LogP contribution is 2.28. The first-order chi connectivity index (χ1) is 8.76. The van der Waals surface area contributed by atoms with Gasteiger partial charge in [0.15, 0.2) is 0 Å². The van der Waals surface area contributed by atoms with Gasteiger partial charge in [-0.15, -0.1) is 0 Å². The van der Waals surface area contributed by atoms with Crippen LogP contribution in [0.2, 0.25) is 0 Å². The summed E-state index contributed by atoms with van der Waals surface area (Å²) in [5, 5.41) is 3.55. The topological polar surface area (TPSA) is 35.6 Å². The fourth-order valence-electron chi connectivity index (χ4n) is 2.76. The molecule has 2 aliphatic rings. The van der Waals surface area contributed by atoms with E-state index >= 15 is 0 Å². The number of nitrogens with zero attached hydrogens (tertiary/aromatic N) is 2.